The van der Waals surface area contributed by atoms with Crippen LogP contribution in [0.15, 0.2) is 5.16 Å². The lowest BCUT2D eigenvalue weighted by Gasteiger charge is -2.15. The van der Waals surface area contributed by atoms with E-state index in [1.165, 1.54) is 0 Å². The number of nitrogens with one attached hydrogen (secondary N) is 1. The zero-order valence-corrected chi connectivity index (χ0v) is 8.11. The van der Waals surface area contributed by atoms with E-state index in [-0.39, 0.29) is 5.16 Å². The van der Waals surface area contributed by atoms with Crippen molar-refractivity contribution >= 4 is 11.8 Å². The van der Waals surface area contributed by atoms with Crippen LogP contribution in [-0.4, -0.2) is 33.2 Å². The largest absolute Gasteiger partial charge is 0.402 e. The molecule has 0 aromatic carbocycles. The van der Waals surface area contributed by atoms with E-state index in [4.69, 9.17) is 5.73 Å². The maximum absolute atomic E-state index is 12.2. The number of rotatable bonds is 3. The zero-order chi connectivity index (χ0) is 10.8. The Labute approximate surface area is 82.5 Å². The summed E-state index contributed by atoms with van der Waals surface area (Å²) in [4.78, 5) is 3.75. The number of alkyl halides is 3. The Kier molecular flexibility index (Phi) is 3.38. The van der Waals surface area contributed by atoms with Gasteiger partial charge < -0.3 is 5.73 Å². The molecule has 0 amide bonds. The van der Waals surface area contributed by atoms with E-state index in [2.05, 4.69) is 15.2 Å². The lowest BCUT2D eigenvalue weighted by atomic mass is 10.4. The van der Waals surface area contributed by atoms with Crippen molar-refractivity contribution in [2.24, 2.45) is 5.73 Å². The normalized spacial score (nSPS) is 14.4. The van der Waals surface area contributed by atoms with Gasteiger partial charge in [0.1, 0.15) is 11.1 Å². The molecule has 14 heavy (non-hydrogen) atoms. The molecular formula is C6H9F3N4S. The van der Waals surface area contributed by atoms with Crippen LogP contribution in [0.2, 0.25) is 0 Å². The van der Waals surface area contributed by atoms with Crippen molar-refractivity contribution in [3.8, 4) is 0 Å². The second-order valence-corrected chi connectivity index (χ2v) is 3.76. The summed E-state index contributed by atoms with van der Waals surface area (Å²) in [6.07, 6.45) is -4.33. The summed E-state index contributed by atoms with van der Waals surface area (Å²) >= 11 is 0.513. The molecule has 0 bridgehead atoms. The van der Waals surface area contributed by atoms with Crippen molar-refractivity contribution in [3.63, 3.8) is 0 Å². The smallest absolute Gasteiger partial charge is 0.329 e. The van der Waals surface area contributed by atoms with Crippen molar-refractivity contribution in [2.75, 3.05) is 6.54 Å². The zero-order valence-electron chi connectivity index (χ0n) is 7.30. The molecule has 0 aliphatic carbocycles. The van der Waals surface area contributed by atoms with Crippen LogP contribution in [0.1, 0.15) is 5.82 Å². The Hall–Kier alpha value is -0.760. The lowest BCUT2D eigenvalue weighted by molar-refractivity contribution is -0.126. The molecule has 4 nitrogen and oxygen atoms in total. The van der Waals surface area contributed by atoms with Crippen molar-refractivity contribution in [3.05, 3.63) is 5.82 Å². The van der Waals surface area contributed by atoms with Gasteiger partial charge in [0.15, 0.2) is 0 Å². The van der Waals surface area contributed by atoms with Crippen LogP contribution in [0.3, 0.4) is 0 Å². The molecule has 0 fully saturated rings. The standard InChI is InChI=1S/C6H9F3N4S/c1-3-11-5(13-12-3)14-4(2-10)6(7,8)9/h4H,2,10H2,1H3,(H,11,12,13). The second-order valence-electron chi connectivity index (χ2n) is 2.59. The monoisotopic (exact) mass is 226 g/mol. The summed E-state index contributed by atoms with van der Waals surface area (Å²) in [5.41, 5.74) is 5.01. The van der Waals surface area contributed by atoms with Gasteiger partial charge in [0, 0.05) is 6.54 Å². The van der Waals surface area contributed by atoms with E-state index in [1.807, 2.05) is 0 Å². The highest BCUT2D eigenvalue weighted by Gasteiger charge is 2.40. The molecule has 1 heterocycles. The van der Waals surface area contributed by atoms with Crippen LogP contribution in [0.5, 0.6) is 0 Å². The summed E-state index contributed by atoms with van der Waals surface area (Å²) in [7, 11) is 0. The van der Waals surface area contributed by atoms with Gasteiger partial charge in [0.05, 0.1) is 0 Å². The number of hydrogen-bond donors (Lipinski definition) is 2. The topological polar surface area (TPSA) is 67.6 Å². The van der Waals surface area contributed by atoms with E-state index >= 15 is 0 Å². The molecule has 8 heteroatoms. The van der Waals surface area contributed by atoms with Crippen LogP contribution < -0.4 is 5.73 Å². The number of H-pyrrole nitrogens is 1. The summed E-state index contributed by atoms with van der Waals surface area (Å²) in [5.74, 6) is 0.477. The fraction of sp³-hybridized carbons (Fsp3) is 0.667. The summed E-state index contributed by atoms with van der Waals surface area (Å²) in [5, 5.41) is 4.46. The van der Waals surface area contributed by atoms with Crippen molar-refractivity contribution in [2.45, 2.75) is 23.5 Å². The number of hydrogen-bond acceptors (Lipinski definition) is 4. The molecule has 1 unspecified atom stereocenters. The van der Waals surface area contributed by atoms with Crippen LogP contribution in [-0.2, 0) is 0 Å². The molecule has 1 atom stereocenters. The summed E-state index contributed by atoms with van der Waals surface area (Å²) in [6.45, 7) is 1.13. The first-order chi connectivity index (χ1) is 6.43. The number of thioether (sulfide) groups is 1. The Bertz CT molecular complexity index is 298. The van der Waals surface area contributed by atoms with Gasteiger partial charge in [-0.15, -0.1) is 5.10 Å². The molecule has 80 valence electrons. The maximum Gasteiger partial charge on any atom is 0.402 e. The third-order valence-electron chi connectivity index (χ3n) is 1.40. The SMILES string of the molecule is Cc1nc(SC(CN)C(F)(F)F)n[nH]1. The van der Waals surface area contributed by atoms with Crippen molar-refractivity contribution in [1.29, 1.82) is 0 Å². The molecule has 1 aromatic rings. The molecule has 1 aromatic heterocycles. The minimum atomic E-state index is -4.33. The number of nitrogens with zero attached hydrogens (tertiary/aromatic N) is 2. The first-order valence-corrected chi connectivity index (χ1v) is 4.64. The van der Waals surface area contributed by atoms with Gasteiger partial charge in [-0.3, -0.25) is 5.10 Å². The maximum atomic E-state index is 12.2. The van der Waals surface area contributed by atoms with Gasteiger partial charge >= 0.3 is 6.18 Å². The summed E-state index contributed by atoms with van der Waals surface area (Å²) in [6, 6.07) is 0. The highest BCUT2D eigenvalue weighted by molar-refractivity contribution is 7.99. The number of aromatic amines is 1. The number of halogens is 3. The lowest BCUT2D eigenvalue weighted by Crippen LogP contribution is -2.33. The average molecular weight is 226 g/mol. The van der Waals surface area contributed by atoms with Crippen LogP contribution in [0.4, 0.5) is 13.2 Å². The summed E-state index contributed by atoms with van der Waals surface area (Å²) < 4.78 is 36.7. The van der Waals surface area contributed by atoms with Gasteiger partial charge in [-0.2, -0.15) is 13.2 Å². The van der Waals surface area contributed by atoms with Gasteiger partial charge in [-0.25, -0.2) is 4.98 Å². The fourth-order valence-corrected chi connectivity index (χ4v) is 1.52. The first-order valence-electron chi connectivity index (χ1n) is 3.76. The number of aromatic nitrogens is 3. The first kappa shape index (κ1) is 11.3. The molecule has 0 aliphatic rings. The van der Waals surface area contributed by atoms with Crippen LogP contribution >= 0.6 is 11.8 Å². The molecule has 0 saturated heterocycles. The Morgan fingerprint density at radius 2 is 2.21 bits per heavy atom. The Morgan fingerprint density at radius 3 is 2.57 bits per heavy atom. The van der Waals surface area contributed by atoms with Gasteiger partial charge in [-0.05, 0) is 6.92 Å². The predicted molar refractivity (Wildman–Crippen MR) is 45.9 cm³/mol. The highest BCUT2D eigenvalue weighted by Crippen LogP contribution is 2.32. The highest BCUT2D eigenvalue weighted by atomic mass is 32.2. The Balaban J connectivity index is 2.66. The third kappa shape index (κ3) is 2.88. The van der Waals surface area contributed by atoms with E-state index in [9.17, 15) is 13.2 Å². The molecule has 1 rings (SSSR count). The number of aryl methyl sites for hydroxylation is 1. The molecule has 0 radical (unpaired) electrons. The number of nitrogens with two attached hydrogens (primary N) is 1. The molecule has 0 saturated carbocycles. The minimum Gasteiger partial charge on any atom is -0.329 e. The predicted octanol–water partition coefficient (Wildman–Crippen LogP) is 1.09. The molecule has 0 aliphatic heterocycles. The Morgan fingerprint density at radius 1 is 1.57 bits per heavy atom. The molecule has 0 spiro atoms. The van der Waals surface area contributed by atoms with Crippen LogP contribution in [0.25, 0.3) is 0 Å². The molecule has 3 N–H and O–H groups in total. The third-order valence-corrected chi connectivity index (χ3v) is 2.54. The van der Waals surface area contributed by atoms with Crippen LogP contribution in [0, 0.1) is 6.92 Å². The minimum absolute atomic E-state index is 0.0651. The quantitative estimate of drug-likeness (QED) is 0.757. The second kappa shape index (κ2) is 4.18. The van der Waals surface area contributed by atoms with Gasteiger partial charge in [0.25, 0.3) is 0 Å². The average Bonchev–Trinajstić information content (AvgIpc) is 2.45. The van der Waals surface area contributed by atoms with Crippen molar-refractivity contribution < 1.29 is 13.2 Å². The fourth-order valence-electron chi connectivity index (χ4n) is 0.751. The van der Waals surface area contributed by atoms with E-state index in [0.29, 0.717) is 17.6 Å². The van der Waals surface area contributed by atoms with E-state index in [0.717, 1.165) is 0 Å². The van der Waals surface area contributed by atoms with Gasteiger partial charge in [-0.1, -0.05) is 11.8 Å². The van der Waals surface area contributed by atoms with E-state index in [1.54, 1.807) is 6.92 Å². The molecular weight excluding hydrogens is 217 g/mol. The van der Waals surface area contributed by atoms with Crippen molar-refractivity contribution in [1.82, 2.24) is 15.2 Å². The van der Waals surface area contributed by atoms with Gasteiger partial charge in [0.2, 0.25) is 5.16 Å². The van der Waals surface area contributed by atoms with E-state index < -0.39 is 18.0 Å².